The highest BCUT2D eigenvalue weighted by Gasteiger charge is 2.01. The van der Waals surface area contributed by atoms with Gasteiger partial charge in [0.25, 0.3) is 0 Å². The van der Waals surface area contributed by atoms with Gasteiger partial charge in [-0.2, -0.15) is 0 Å². The molecule has 0 atom stereocenters. The van der Waals surface area contributed by atoms with Gasteiger partial charge in [0.2, 0.25) is 0 Å². The lowest BCUT2D eigenvalue weighted by molar-refractivity contribution is 0.506. The zero-order valence-electron chi connectivity index (χ0n) is 10.7. The second-order valence-corrected chi connectivity index (χ2v) is 4.77. The molecule has 0 aromatic heterocycles. The monoisotopic (exact) mass is 293 g/mol. The molecule has 0 heterocycles. The maximum atomic E-state index is 13.0. The van der Waals surface area contributed by atoms with Crippen LogP contribution < -0.4 is 5.32 Å². The average molecular weight is 294 g/mol. The molecule has 104 valence electrons. The summed E-state index contributed by atoms with van der Waals surface area (Å²) in [6.07, 6.45) is 3.93. The van der Waals surface area contributed by atoms with Gasteiger partial charge in [0.05, 0.1) is 0 Å². The van der Waals surface area contributed by atoms with Crippen LogP contribution >= 0.6 is 11.6 Å². The number of hydrogen-bond donors (Lipinski definition) is 1. The van der Waals surface area contributed by atoms with E-state index in [0.29, 0.717) is 23.7 Å². The summed E-state index contributed by atoms with van der Waals surface area (Å²) in [6, 6.07) is 11.4. The van der Waals surface area contributed by atoms with Crippen LogP contribution in [-0.4, -0.2) is 6.54 Å². The Bertz CT molecular complexity index is 594. The summed E-state index contributed by atoms with van der Waals surface area (Å²) >= 11 is 5.79. The molecule has 2 aromatic rings. The summed E-state index contributed by atoms with van der Waals surface area (Å²) in [5, 5.41) is 3.84. The summed E-state index contributed by atoms with van der Waals surface area (Å²) in [5.41, 5.74) is 1.77. The van der Waals surface area contributed by atoms with E-state index < -0.39 is 11.6 Å². The molecule has 0 fully saturated rings. The van der Waals surface area contributed by atoms with Crippen molar-refractivity contribution in [3.8, 4) is 0 Å². The third-order valence-corrected chi connectivity index (χ3v) is 3.01. The number of hydrogen-bond acceptors (Lipinski definition) is 1. The van der Waals surface area contributed by atoms with E-state index in [4.69, 9.17) is 11.6 Å². The van der Waals surface area contributed by atoms with Crippen molar-refractivity contribution in [1.29, 1.82) is 0 Å². The van der Waals surface area contributed by atoms with Crippen LogP contribution in [0.5, 0.6) is 0 Å². The summed E-state index contributed by atoms with van der Waals surface area (Å²) in [5.74, 6) is -1.64. The lowest BCUT2D eigenvalue weighted by Gasteiger charge is -2.02. The third kappa shape index (κ3) is 4.44. The van der Waals surface area contributed by atoms with Gasteiger partial charge in [0.1, 0.15) is 0 Å². The van der Waals surface area contributed by atoms with Gasteiger partial charge in [0.15, 0.2) is 11.6 Å². The molecule has 0 aliphatic carbocycles. The van der Waals surface area contributed by atoms with Gasteiger partial charge in [-0.15, -0.1) is 0 Å². The largest absolute Gasteiger partial charge is 0.309 e. The molecule has 0 spiro atoms. The number of nitrogens with one attached hydrogen (secondary N) is 1. The van der Waals surface area contributed by atoms with Gasteiger partial charge in [-0.05, 0) is 35.4 Å². The molecule has 1 N–H and O–H groups in total. The molecule has 0 amide bonds. The molecule has 0 saturated heterocycles. The highest BCUT2D eigenvalue weighted by molar-refractivity contribution is 6.30. The quantitative estimate of drug-likeness (QED) is 0.805. The Hall–Kier alpha value is -1.71. The van der Waals surface area contributed by atoms with Crippen LogP contribution in [0.25, 0.3) is 6.08 Å². The number of rotatable bonds is 5. The lowest BCUT2D eigenvalue weighted by atomic mass is 10.2. The Balaban J connectivity index is 1.78. The Morgan fingerprint density at radius 1 is 1.00 bits per heavy atom. The molecular weight excluding hydrogens is 280 g/mol. The van der Waals surface area contributed by atoms with Gasteiger partial charge < -0.3 is 5.32 Å². The first-order valence-corrected chi connectivity index (χ1v) is 6.60. The first kappa shape index (κ1) is 14.7. The molecule has 0 aliphatic heterocycles. The SMILES string of the molecule is Fc1ccc(CNCC=Cc2ccc(Cl)cc2)cc1F. The predicted octanol–water partition coefficient (Wildman–Crippen LogP) is 4.42. The van der Waals surface area contributed by atoms with Crippen molar-refractivity contribution in [3.63, 3.8) is 0 Å². The van der Waals surface area contributed by atoms with Crippen LogP contribution in [0.15, 0.2) is 48.5 Å². The Morgan fingerprint density at radius 2 is 1.75 bits per heavy atom. The van der Waals surface area contributed by atoms with Crippen LogP contribution in [0.3, 0.4) is 0 Å². The Labute approximate surface area is 121 Å². The topological polar surface area (TPSA) is 12.0 Å². The summed E-state index contributed by atoms with van der Waals surface area (Å²) in [6.45, 7) is 1.13. The van der Waals surface area contributed by atoms with E-state index >= 15 is 0 Å². The van der Waals surface area contributed by atoms with E-state index in [9.17, 15) is 8.78 Å². The van der Waals surface area contributed by atoms with E-state index in [-0.39, 0.29) is 0 Å². The van der Waals surface area contributed by atoms with Crippen molar-refractivity contribution in [1.82, 2.24) is 5.32 Å². The van der Waals surface area contributed by atoms with Crippen molar-refractivity contribution in [2.24, 2.45) is 0 Å². The summed E-state index contributed by atoms with van der Waals surface area (Å²) < 4.78 is 25.7. The van der Waals surface area contributed by atoms with Crippen LogP contribution in [0, 0.1) is 11.6 Å². The second kappa shape index (κ2) is 7.17. The van der Waals surface area contributed by atoms with E-state index in [2.05, 4.69) is 5.32 Å². The first-order valence-electron chi connectivity index (χ1n) is 6.22. The summed E-state index contributed by atoms with van der Waals surface area (Å²) in [4.78, 5) is 0. The maximum Gasteiger partial charge on any atom is 0.159 e. The highest BCUT2D eigenvalue weighted by Crippen LogP contribution is 2.10. The molecule has 0 radical (unpaired) electrons. The molecule has 0 unspecified atom stereocenters. The molecule has 0 aliphatic rings. The highest BCUT2D eigenvalue weighted by atomic mass is 35.5. The molecule has 4 heteroatoms. The van der Waals surface area contributed by atoms with Gasteiger partial charge in [-0.25, -0.2) is 8.78 Å². The molecule has 2 aromatic carbocycles. The molecule has 0 saturated carbocycles. The fourth-order valence-corrected chi connectivity index (χ4v) is 1.84. The Kier molecular flexibility index (Phi) is 5.27. The number of halogens is 3. The van der Waals surface area contributed by atoms with Crippen molar-refractivity contribution < 1.29 is 8.78 Å². The molecule has 1 nitrogen and oxygen atoms in total. The zero-order valence-corrected chi connectivity index (χ0v) is 11.5. The Morgan fingerprint density at radius 3 is 2.45 bits per heavy atom. The van der Waals surface area contributed by atoms with E-state index in [1.807, 2.05) is 36.4 Å². The minimum absolute atomic E-state index is 0.488. The van der Waals surface area contributed by atoms with Crippen LogP contribution in [0.4, 0.5) is 8.78 Å². The number of benzene rings is 2. The van der Waals surface area contributed by atoms with Crippen molar-refractivity contribution >= 4 is 17.7 Å². The van der Waals surface area contributed by atoms with Gasteiger partial charge in [-0.3, -0.25) is 0 Å². The minimum Gasteiger partial charge on any atom is -0.309 e. The van der Waals surface area contributed by atoms with Crippen LogP contribution in [-0.2, 0) is 6.54 Å². The minimum atomic E-state index is -0.823. The van der Waals surface area contributed by atoms with Gasteiger partial charge >= 0.3 is 0 Å². The maximum absolute atomic E-state index is 13.0. The smallest absolute Gasteiger partial charge is 0.159 e. The van der Waals surface area contributed by atoms with E-state index in [1.165, 1.54) is 6.07 Å². The molecule has 20 heavy (non-hydrogen) atoms. The average Bonchev–Trinajstić information content (AvgIpc) is 2.44. The van der Waals surface area contributed by atoms with Crippen LogP contribution in [0.2, 0.25) is 5.02 Å². The lowest BCUT2D eigenvalue weighted by Crippen LogP contribution is -2.13. The third-order valence-electron chi connectivity index (χ3n) is 2.76. The van der Waals surface area contributed by atoms with Crippen LogP contribution in [0.1, 0.15) is 11.1 Å². The van der Waals surface area contributed by atoms with Crippen molar-refractivity contribution in [3.05, 3.63) is 76.3 Å². The van der Waals surface area contributed by atoms with Crippen molar-refractivity contribution in [2.45, 2.75) is 6.54 Å². The van der Waals surface area contributed by atoms with Gasteiger partial charge in [-0.1, -0.05) is 42.0 Å². The molecule has 0 bridgehead atoms. The fraction of sp³-hybridized carbons (Fsp3) is 0.125. The zero-order chi connectivity index (χ0) is 14.4. The normalized spacial score (nSPS) is 11.2. The predicted molar refractivity (Wildman–Crippen MR) is 78.6 cm³/mol. The summed E-state index contributed by atoms with van der Waals surface area (Å²) in [7, 11) is 0. The van der Waals surface area contributed by atoms with Gasteiger partial charge in [0, 0.05) is 18.1 Å². The van der Waals surface area contributed by atoms with E-state index in [1.54, 1.807) is 6.07 Å². The first-order chi connectivity index (χ1) is 9.65. The fourth-order valence-electron chi connectivity index (χ4n) is 1.72. The molecule has 2 rings (SSSR count). The van der Waals surface area contributed by atoms with E-state index in [0.717, 1.165) is 11.6 Å². The van der Waals surface area contributed by atoms with Crippen molar-refractivity contribution in [2.75, 3.05) is 6.54 Å². The standard InChI is InChI=1S/C16H14ClF2N/c17-14-6-3-12(4-7-14)2-1-9-20-11-13-5-8-15(18)16(19)10-13/h1-8,10,20H,9,11H2. The molecular formula is C16H14ClF2N. The second-order valence-electron chi connectivity index (χ2n) is 4.33.